The third kappa shape index (κ3) is 6.87. The van der Waals surface area contributed by atoms with Gasteiger partial charge in [-0.3, -0.25) is 0 Å². The topological polar surface area (TPSA) is 47.9 Å². The molecule has 4 heteroatoms. The normalized spacial score (nSPS) is 11.2. The molecule has 0 atom stereocenters. The van der Waals surface area contributed by atoms with Crippen molar-refractivity contribution in [3.8, 4) is 23.0 Å². The first-order valence-corrected chi connectivity index (χ1v) is 10.4. The molecule has 0 aromatic heterocycles. The van der Waals surface area contributed by atoms with Crippen LogP contribution in [0.5, 0.6) is 23.0 Å². The van der Waals surface area contributed by atoms with E-state index in [1.54, 1.807) is 7.11 Å². The molecular weight excluding hydrogens is 376 g/mol. The molecular formula is C26H34O4. The maximum Gasteiger partial charge on any atom is 0.162 e. The van der Waals surface area contributed by atoms with Crippen LogP contribution in [0.2, 0.25) is 0 Å². The lowest BCUT2D eigenvalue weighted by Crippen LogP contribution is -2.10. The highest BCUT2D eigenvalue weighted by atomic mass is 16.5. The number of methoxy groups -OCH3 is 1. The number of phenols is 1. The van der Waals surface area contributed by atoms with Gasteiger partial charge in [-0.05, 0) is 83.4 Å². The second-order valence-corrected chi connectivity index (χ2v) is 8.09. The highest BCUT2D eigenvalue weighted by Crippen LogP contribution is 2.34. The molecule has 2 aromatic carbocycles. The van der Waals surface area contributed by atoms with Crippen molar-refractivity contribution in [2.75, 3.05) is 7.11 Å². The van der Waals surface area contributed by atoms with Crippen molar-refractivity contribution in [2.45, 2.75) is 60.2 Å². The molecule has 0 heterocycles. The summed E-state index contributed by atoms with van der Waals surface area (Å²) in [6.07, 6.45) is 6.89. The highest BCUT2D eigenvalue weighted by molar-refractivity contribution is 5.73. The maximum atomic E-state index is 10.4. The van der Waals surface area contributed by atoms with Crippen LogP contribution in [0.25, 0.3) is 12.2 Å². The van der Waals surface area contributed by atoms with Gasteiger partial charge in [0.25, 0.3) is 0 Å². The van der Waals surface area contributed by atoms with Crippen LogP contribution in [0.1, 0.15) is 58.2 Å². The Morgan fingerprint density at radius 3 is 2.07 bits per heavy atom. The third-order valence-electron chi connectivity index (χ3n) is 4.29. The molecule has 0 aliphatic carbocycles. The molecule has 162 valence electrons. The van der Waals surface area contributed by atoms with Crippen LogP contribution >= 0.6 is 0 Å². The molecule has 2 rings (SSSR count). The summed E-state index contributed by atoms with van der Waals surface area (Å²) in [6, 6.07) is 9.74. The van der Waals surface area contributed by atoms with Gasteiger partial charge in [-0.2, -0.15) is 0 Å². The van der Waals surface area contributed by atoms with Gasteiger partial charge < -0.3 is 19.3 Å². The lowest BCUT2D eigenvalue weighted by atomic mass is 10.0. The summed E-state index contributed by atoms with van der Waals surface area (Å²) in [7, 11) is 1.57. The molecule has 0 aliphatic heterocycles. The smallest absolute Gasteiger partial charge is 0.162 e. The van der Waals surface area contributed by atoms with E-state index in [1.807, 2.05) is 84.0 Å². The van der Waals surface area contributed by atoms with Gasteiger partial charge in [0.2, 0.25) is 0 Å². The molecule has 0 bridgehead atoms. The lowest BCUT2D eigenvalue weighted by Gasteiger charge is -2.17. The van der Waals surface area contributed by atoms with Gasteiger partial charge >= 0.3 is 0 Å². The van der Waals surface area contributed by atoms with Crippen LogP contribution in [0.15, 0.2) is 42.0 Å². The Bertz CT molecular complexity index is 903. The molecule has 1 N–H and O–H groups in total. The number of ether oxygens (including phenoxy) is 3. The average molecular weight is 411 g/mol. The minimum absolute atomic E-state index is 0.0535. The van der Waals surface area contributed by atoms with E-state index in [9.17, 15) is 5.11 Å². The van der Waals surface area contributed by atoms with E-state index in [2.05, 4.69) is 6.08 Å². The molecule has 0 spiro atoms. The minimum Gasteiger partial charge on any atom is -0.504 e. The third-order valence-corrected chi connectivity index (χ3v) is 4.29. The second-order valence-electron chi connectivity index (χ2n) is 8.09. The van der Waals surface area contributed by atoms with Crippen LogP contribution in [0, 0.1) is 0 Å². The van der Waals surface area contributed by atoms with Gasteiger partial charge in [0, 0.05) is 5.56 Å². The number of phenolic OH excluding ortho intramolecular Hbond substituents is 1. The molecule has 30 heavy (non-hydrogen) atoms. The SMILES string of the molecule is COc1cc(/C=C/c2ccc(OC(C)C)c(OC(C)C)c2)cc(CC=C(C)C)c1O. The van der Waals surface area contributed by atoms with Gasteiger partial charge in [0.15, 0.2) is 23.0 Å². The summed E-state index contributed by atoms with van der Waals surface area (Å²) in [4.78, 5) is 0. The zero-order valence-corrected chi connectivity index (χ0v) is 19.2. The van der Waals surface area contributed by atoms with Crippen LogP contribution in [0.3, 0.4) is 0 Å². The van der Waals surface area contributed by atoms with E-state index in [0.717, 1.165) is 28.2 Å². The zero-order chi connectivity index (χ0) is 22.3. The Morgan fingerprint density at radius 1 is 0.867 bits per heavy atom. The van der Waals surface area contributed by atoms with E-state index in [-0.39, 0.29) is 18.0 Å². The first kappa shape index (κ1) is 23.4. The van der Waals surface area contributed by atoms with Crippen LogP contribution in [-0.2, 0) is 6.42 Å². The maximum absolute atomic E-state index is 10.4. The Balaban J connectivity index is 2.35. The summed E-state index contributed by atoms with van der Waals surface area (Å²) in [5, 5.41) is 10.4. The molecule has 0 fully saturated rings. The Labute approximate surface area is 180 Å². The standard InChI is InChI=1S/C26H34O4/c1-17(2)8-12-22-14-21(16-25(28-7)26(22)27)10-9-20-11-13-23(29-18(3)4)24(15-20)30-19(5)6/h8-11,13-16,18-19,27H,12H2,1-7H3/b10-9+. The van der Waals surface area contributed by atoms with Crippen LogP contribution in [-0.4, -0.2) is 24.4 Å². The second kappa shape index (κ2) is 10.8. The van der Waals surface area contributed by atoms with Crippen molar-refractivity contribution in [3.63, 3.8) is 0 Å². The predicted octanol–water partition coefficient (Wildman–Crippen LogP) is 6.65. The van der Waals surface area contributed by atoms with Gasteiger partial charge in [-0.15, -0.1) is 0 Å². The molecule has 0 amide bonds. The fourth-order valence-corrected chi connectivity index (χ4v) is 2.93. The lowest BCUT2D eigenvalue weighted by molar-refractivity contribution is 0.199. The van der Waals surface area contributed by atoms with Gasteiger partial charge in [-0.25, -0.2) is 0 Å². The molecule has 0 aliphatic rings. The quantitative estimate of drug-likeness (QED) is 0.371. The van der Waals surface area contributed by atoms with E-state index in [4.69, 9.17) is 14.2 Å². The Kier molecular flexibility index (Phi) is 8.40. The predicted molar refractivity (Wildman–Crippen MR) is 125 cm³/mol. The highest BCUT2D eigenvalue weighted by Gasteiger charge is 2.11. The van der Waals surface area contributed by atoms with Crippen molar-refractivity contribution in [2.24, 2.45) is 0 Å². The average Bonchev–Trinajstić information content (AvgIpc) is 2.67. The summed E-state index contributed by atoms with van der Waals surface area (Å²) >= 11 is 0. The molecule has 0 unspecified atom stereocenters. The minimum atomic E-state index is 0.0535. The molecule has 0 saturated heterocycles. The van der Waals surface area contributed by atoms with Crippen molar-refractivity contribution in [1.29, 1.82) is 0 Å². The zero-order valence-electron chi connectivity index (χ0n) is 19.2. The summed E-state index contributed by atoms with van der Waals surface area (Å²) < 4.78 is 17.2. The first-order chi connectivity index (χ1) is 14.2. The van der Waals surface area contributed by atoms with Crippen molar-refractivity contribution in [1.82, 2.24) is 0 Å². The van der Waals surface area contributed by atoms with E-state index < -0.39 is 0 Å². The number of hydrogen-bond acceptors (Lipinski definition) is 4. The molecule has 2 aromatic rings. The van der Waals surface area contributed by atoms with Crippen molar-refractivity contribution in [3.05, 3.63) is 58.7 Å². The molecule has 4 nitrogen and oxygen atoms in total. The number of allylic oxidation sites excluding steroid dienone is 2. The molecule has 0 saturated carbocycles. The number of benzene rings is 2. The fourth-order valence-electron chi connectivity index (χ4n) is 2.93. The number of hydrogen-bond donors (Lipinski definition) is 1. The number of rotatable bonds is 9. The van der Waals surface area contributed by atoms with Gasteiger partial charge in [0.05, 0.1) is 19.3 Å². The summed E-state index contributed by atoms with van der Waals surface area (Å²) in [5.41, 5.74) is 3.99. The molecule has 0 radical (unpaired) electrons. The Hall–Kier alpha value is -2.88. The first-order valence-electron chi connectivity index (χ1n) is 10.4. The van der Waals surface area contributed by atoms with E-state index >= 15 is 0 Å². The van der Waals surface area contributed by atoms with Crippen molar-refractivity contribution >= 4 is 12.2 Å². The van der Waals surface area contributed by atoms with E-state index in [0.29, 0.717) is 12.2 Å². The monoisotopic (exact) mass is 410 g/mol. The van der Waals surface area contributed by atoms with E-state index in [1.165, 1.54) is 5.57 Å². The largest absolute Gasteiger partial charge is 0.504 e. The van der Waals surface area contributed by atoms with Gasteiger partial charge in [-0.1, -0.05) is 29.9 Å². The van der Waals surface area contributed by atoms with Gasteiger partial charge in [0.1, 0.15) is 0 Å². The van der Waals surface area contributed by atoms with Crippen molar-refractivity contribution < 1.29 is 19.3 Å². The fraction of sp³-hybridized carbons (Fsp3) is 0.385. The van der Waals surface area contributed by atoms with Crippen LogP contribution in [0.4, 0.5) is 0 Å². The summed E-state index contributed by atoms with van der Waals surface area (Å²) in [6.45, 7) is 12.1. The van der Waals surface area contributed by atoms with Crippen LogP contribution < -0.4 is 14.2 Å². The number of aromatic hydroxyl groups is 1. The Morgan fingerprint density at radius 2 is 1.47 bits per heavy atom. The summed E-state index contributed by atoms with van der Waals surface area (Å²) in [5.74, 6) is 2.13.